The van der Waals surface area contributed by atoms with E-state index in [-0.39, 0.29) is 0 Å². The molecule has 0 bridgehead atoms. The molecule has 0 saturated heterocycles. The fourth-order valence-electron chi connectivity index (χ4n) is 3.82. The minimum atomic E-state index is 0.688. The van der Waals surface area contributed by atoms with Crippen LogP contribution in [0.2, 0.25) is 0 Å². The van der Waals surface area contributed by atoms with Crippen LogP contribution >= 0.6 is 0 Å². The normalized spacial score (nSPS) is 21.2. The maximum Gasteiger partial charge on any atom is 0.161 e. The van der Waals surface area contributed by atoms with Gasteiger partial charge in [0.15, 0.2) is 11.5 Å². The van der Waals surface area contributed by atoms with Crippen LogP contribution in [0.1, 0.15) is 36.8 Å². The molecule has 0 spiro atoms. The molecular weight excluding hydrogens is 274 g/mol. The second kappa shape index (κ2) is 5.77. The third-order valence-electron chi connectivity index (χ3n) is 5.51. The Morgan fingerprint density at radius 3 is 1.68 bits per heavy atom. The monoisotopic (exact) mass is 301 g/mol. The van der Waals surface area contributed by atoms with Gasteiger partial charge in [0.2, 0.25) is 0 Å². The number of nitrogens with zero attached hydrogens (tertiary/aromatic N) is 1. The summed E-state index contributed by atoms with van der Waals surface area (Å²) in [6.07, 6.45) is 8.14. The van der Waals surface area contributed by atoms with Crippen molar-refractivity contribution < 1.29 is 9.47 Å². The SMILES string of the molecule is COc1cc2c(cc1OC)CC(N(CC1CC1)CC1CC1)C2. The lowest BCUT2D eigenvalue weighted by molar-refractivity contribution is 0.185. The maximum atomic E-state index is 5.47. The molecule has 0 heterocycles. The first-order chi connectivity index (χ1) is 10.8. The van der Waals surface area contributed by atoms with E-state index in [2.05, 4.69) is 17.0 Å². The van der Waals surface area contributed by atoms with Gasteiger partial charge in [0.1, 0.15) is 0 Å². The molecule has 2 fully saturated rings. The Hall–Kier alpha value is -1.22. The molecule has 1 aromatic carbocycles. The summed E-state index contributed by atoms with van der Waals surface area (Å²) >= 11 is 0. The van der Waals surface area contributed by atoms with Crippen molar-refractivity contribution in [3.63, 3.8) is 0 Å². The summed E-state index contributed by atoms with van der Waals surface area (Å²) in [5.41, 5.74) is 2.92. The van der Waals surface area contributed by atoms with Crippen LogP contribution in [-0.4, -0.2) is 38.3 Å². The highest BCUT2D eigenvalue weighted by molar-refractivity contribution is 5.49. The van der Waals surface area contributed by atoms with Gasteiger partial charge in [-0.15, -0.1) is 0 Å². The summed E-state index contributed by atoms with van der Waals surface area (Å²) in [7, 11) is 3.45. The Morgan fingerprint density at radius 2 is 1.32 bits per heavy atom. The number of rotatable bonds is 7. The zero-order chi connectivity index (χ0) is 15.1. The van der Waals surface area contributed by atoms with E-state index in [4.69, 9.17) is 9.47 Å². The lowest BCUT2D eigenvalue weighted by Crippen LogP contribution is -2.39. The van der Waals surface area contributed by atoms with E-state index in [1.165, 1.54) is 62.7 Å². The highest BCUT2D eigenvalue weighted by atomic mass is 16.5. The van der Waals surface area contributed by atoms with Crippen LogP contribution in [0, 0.1) is 11.8 Å². The largest absolute Gasteiger partial charge is 0.493 e. The molecule has 0 aliphatic heterocycles. The molecule has 3 aliphatic rings. The van der Waals surface area contributed by atoms with Crippen molar-refractivity contribution >= 4 is 0 Å². The Bertz CT molecular complexity index is 502. The first-order valence-corrected chi connectivity index (χ1v) is 8.74. The summed E-state index contributed by atoms with van der Waals surface area (Å²) < 4.78 is 10.9. The van der Waals surface area contributed by atoms with E-state index < -0.39 is 0 Å². The van der Waals surface area contributed by atoms with E-state index in [0.29, 0.717) is 6.04 Å². The summed E-state index contributed by atoms with van der Waals surface area (Å²) in [6.45, 7) is 2.65. The van der Waals surface area contributed by atoms with Gasteiger partial charge in [-0.05, 0) is 73.6 Å². The van der Waals surface area contributed by atoms with Crippen molar-refractivity contribution in [2.45, 2.75) is 44.6 Å². The van der Waals surface area contributed by atoms with Gasteiger partial charge >= 0.3 is 0 Å². The summed E-state index contributed by atoms with van der Waals surface area (Å²) in [5.74, 6) is 3.70. The van der Waals surface area contributed by atoms with Crippen molar-refractivity contribution in [2.75, 3.05) is 27.3 Å². The van der Waals surface area contributed by atoms with Crippen LogP contribution in [0.4, 0.5) is 0 Å². The topological polar surface area (TPSA) is 21.7 Å². The molecule has 3 aliphatic carbocycles. The zero-order valence-electron chi connectivity index (χ0n) is 13.8. The first-order valence-electron chi connectivity index (χ1n) is 8.74. The molecule has 0 unspecified atom stereocenters. The Balaban J connectivity index is 1.51. The highest BCUT2D eigenvalue weighted by Crippen LogP contribution is 2.39. The molecule has 120 valence electrons. The van der Waals surface area contributed by atoms with E-state index in [1.54, 1.807) is 14.2 Å². The van der Waals surface area contributed by atoms with Crippen LogP contribution in [0.15, 0.2) is 12.1 Å². The van der Waals surface area contributed by atoms with Crippen molar-refractivity contribution in [3.8, 4) is 11.5 Å². The minimum Gasteiger partial charge on any atom is -0.493 e. The number of fused-ring (bicyclic) bond motifs is 1. The molecule has 0 aromatic heterocycles. The molecule has 0 N–H and O–H groups in total. The average Bonchev–Trinajstić information content (AvgIpc) is 3.45. The zero-order valence-corrected chi connectivity index (χ0v) is 13.8. The van der Waals surface area contributed by atoms with Crippen LogP contribution in [-0.2, 0) is 12.8 Å². The molecular formula is C19H27NO2. The van der Waals surface area contributed by atoms with Crippen molar-refractivity contribution in [2.24, 2.45) is 11.8 Å². The van der Waals surface area contributed by atoms with Gasteiger partial charge in [-0.1, -0.05) is 0 Å². The van der Waals surface area contributed by atoms with E-state index in [9.17, 15) is 0 Å². The van der Waals surface area contributed by atoms with Gasteiger partial charge in [-0.25, -0.2) is 0 Å². The van der Waals surface area contributed by atoms with Gasteiger partial charge < -0.3 is 9.47 Å². The van der Waals surface area contributed by atoms with Crippen molar-refractivity contribution in [3.05, 3.63) is 23.3 Å². The average molecular weight is 301 g/mol. The molecule has 2 saturated carbocycles. The second-order valence-electron chi connectivity index (χ2n) is 7.38. The molecule has 3 heteroatoms. The molecule has 1 aromatic rings. The molecule has 22 heavy (non-hydrogen) atoms. The van der Waals surface area contributed by atoms with Crippen LogP contribution in [0.3, 0.4) is 0 Å². The third kappa shape index (κ3) is 2.96. The second-order valence-corrected chi connectivity index (χ2v) is 7.38. The third-order valence-corrected chi connectivity index (χ3v) is 5.51. The number of hydrogen-bond acceptors (Lipinski definition) is 3. The van der Waals surface area contributed by atoms with Gasteiger partial charge in [0.05, 0.1) is 14.2 Å². The predicted octanol–water partition coefficient (Wildman–Crippen LogP) is 3.29. The molecule has 4 rings (SSSR count). The molecule has 0 atom stereocenters. The molecule has 3 nitrogen and oxygen atoms in total. The van der Waals surface area contributed by atoms with Crippen LogP contribution in [0.5, 0.6) is 11.5 Å². The maximum absolute atomic E-state index is 5.47. The number of benzene rings is 1. The van der Waals surface area contributed by atoms with Crippen molar-refractivity contribution in [1.82, 2.24) is 4.90 Å². The van der Waals surface area contributed by atoms with E-state index in [1.807, 2.05) is 0 Å². The van der Waals surface area contributed by atoms with E-state index >= 15 is 0 Å². The quantitative estimate of drug-likeness (QED) is 0.771. The van der Waals surface area contributed by atoms with Crippen LogP contribution < -0.4 is 9.47 Å². The van der Waals surface area contributed by atoms with Gasteiger partial charge in [-0.3, -0.25) is 4.90 Å². The highest BCUT2D eigenvalue weighted by Gasteiger charge is 2.35. The molecule has 0 amide bonds. The summed E-state index contributed by atoms with van der Waals surface area (Å²) in [6, 6.07) is 5.08. The first kappa shape index (κ1) is 14.4. The number of ether oxygens (including phenoxy) is 2. The molecule has 0 radical (unpaired) electrons. The van der Waals surface area contributed by atoms with Gasteiger partial charge in [-0.2, -0.15) is 0 Å². The standard InChI is InChI=1S/C19H27NO2/c1-21-18-9-15-7-17(8-16(15)10-19(18)22-2)20(11-13-3-4-13)12-14-5-6-14/h9-10,13-14,17H,3-8,11-12H2,1-2H3. The fraction of sp³-hybridized carbons (Fsp3) is 0.684. The van der Waals surface area contributed by atoms with Crippen LogP contribution in [0.25, 0.3) is 0 Å². The van der Waals surface area contributed by atoms with Crippen molar-refractivity contribution in [1.29, 1.82) is 0 Å². The van der Waals surface area contributed by atoms with Gasteiger partial charge in [0, 0.05) is 19.1 Å². The smallest absolute Gasteiger partial charge is 0.161 e. The van der Waals surface area contributed by atoms with E-state index in [0.717, 1.165) is 23.3 Å². The number of hydrogen-bond donors (Lipinski definition) is 0. The summed E-state index contributed by atoms with van der Waals surface area (Å²) in [5, 5.41) is 0. The fourth-order valence-corrected chi connectivity index (χ4v) is 3.82. The lowest BCUT2D eigenvalue weighted by atomic mass is 10.1. The number of methoxy groups -OCH3 is 2. The van der Waals surface area contributed by atoms with Gasteiger partial charge in [0.25, 0.3) is 0 Å². The predicted molar refractivity (Wildman–Crippen MR) is 87.8 cm³/mol. The Labute approximate surface area is 133 Å². The lowest BCUT2D eigenvalue weighted by Gasteiger charge is -2.29. The Morgan fingerprint density at radius 1 is 0.864 bits per heavy atom. The minimum absolute atomic E-state index is 0.688. The summed E-state index contributed by atoms with van der Waals surface area (Å²) in [4.78, 5) is 2.80. The Kier molecular flexibility index (Phi) is 3.77.